The zero-order chi connectivity index (χ0) is 22.9. The highest BCUT2D eigenvalue weighted by atomic mass is 19.1. The Morgan fingerprint density at radius 2 is 2.06 bits per heavy atom. The van der Waals surface area contributed by atoms with E-state index in [4.69, 9.17) is 9.84 Å². The van der Waals surface area contributed by atoms with Gasteiger partial charge in [0.15, 0.2) is 6.23 Å². The van der Waals surface area contributed by atoms with Gasteiger partial charge in [-0.2, -0.15) is 5.10 Å². The van der Waals surface area contributed by atoms with Crippen LogP contribution in [0, 0.1) is 19.7 Å². The molecule has 7 heteroatoms. The molecular formula is C26H25FN4O2. The van der Waals surface area contributed by atoms with Crippen molar-refractivity contribution in [1.82, 2.24) is 19.7 Å². The highest BCUT2D eigenvalue weighted by Gasteiger charge is 2.36. The summed E-state index contributed by atoms with van der Waals surface area (Å²) in [6, 6.07) is 15.1. The van der Waals surface area contributed by atoms with Crippen molar-refractivity contribution in [1.29, 1.82) is 0 Å². The highest BCUT2D eigenvalue weighted by Crippen LogP contribution is 2.35. The summed E-state index contributed by atoms with van der Waals surface area (Å²) < 4.78 is 21.5. The van der Waals surface area contributed by atoms with Gasteiger partial charge in [0, 0.05) is 36.3 Å². The second-order valence-electron chi connectivity index (χ2n) is 8.40. The fraction of sp³-hybridized carbons (Fsp3) is 0.231. The normalized spacial score (nSPS) is 16.0. The third-order valence-electron chi connectivity index (χ3n) is 5.98. The topological polar surface area (TPSA) is 63.1 Å². The van der Waals surface area contributed by atoms with Crippen molar-refractivity contribution >= 4 is 5.91 Å². The van der Waals surface area contributed by atoms with E-state index in [-0.39, 0.29) is 18.3 Å². The number of aromatic amines is 1. The minimum atomic E-state index is -0.539. The maximum atomic E-state index is 13.8. The Labute approximate surface area is 191 Å². The van der Waals surface area contributed by atoms with Crippen LogP contribution in [0.2, 0.25) is 0 Å². The van der Waals surface area contributed by atoms with Gasteiger partial charge in [-0.3, -0.25) is 4.79 Å². The molecule has 0 bridgehead atoms. The zero-order valence-corrected chi connectivity index (χ0v) is 18.6. The lowest BCUT2D eigenvalue weighted by Gasteiger charge is -2.23. The van der Waals surface area contributed by atoms with Crippen molar-refractivity contribution in [2.75, 3.05) is 13.2 Å². The number of ether oxygens (including phenoxy) is 1. The first-order valence-electron chi connectivity index (χ1n) is 11.0. The van der Waals surface area contributed by atoms with Gasteiger partial charge in [0.1, 0.15) is 18.1 Å². The van der Waals surface area contributed by atoms with E-state index in [9.17, 15) is 9.18 Å². The Morgan fingerprint density at radius 3 is 2.82 bits per heavy atom. The molecule has 5 rings (SSSR count). The molecule has 1 atom stereocenters. The minimum absolute atomic E-state index is 0.0336. The first-order valence-corrected chi connectivity index (χ1v) is 11.0. The van der Waals surface area contributed by atoms with Crippen molar-refractivity contribution in [2.45, 2.75) is 26.5 Å². The summed E-state index contributed by atoms with van der Waals surface area (Å²) in [4.78, 5) is 17.6. The first-order chi connectivity index (χ1) is 16.0. The van der Waals surface area contributed by atoms with Crippen molar-refractivity contribution in [3.8, 4) is 16.9 Å². The van der Waals surface area contributed by atoms with Crippen LogP contribution in [-0.4, -0.2) is 38.7 Å². The number of nitrogens with zero attached hydrogens (tertiary/aromatic N) is 3. The molecule has 0 aliphatic carbocycles. The lowest BCUT2D eigenvalue weighted by molar-refractivity contribution is -0.128. The summed E-state index contributed by atoms with van der Waals surface area (Å²) in [5.74, 6) is -0.304. The Morgan fingerprint density at radius 1 is 1.18 bits per heavy atom. The van der Waals surface area contributed by atoms with Crippen LogP contribution in [0.25, 0.3) is 16.9 Å². The van der Waals surface area contributed by atoms with Gasteiger partial charge in [-0.25, -0.2) is 9.07 Å². The smallest absolute Gasteiger partial charge is 0.250 e. The summed E-state index contributed by atoms with van der Waals surface area (Å²) >= 11 is 0. The molecule has 1 fully saturated rings. The number of nitrogens with one attached hydrogen (secondary N) is 1. The number of aryl methyl sites for hydroxylation is 2. The summed E-state index contributed by atoms with van der Waals surface area (Å²) in [5.41, 5.74) is 6.07. The van der Waals surface area contributed by atoms with Gasteiger partial charge in [-0.1, -0.05) is 29.8 Å². The van der Waals surface area contributed by atoms with Crippen molar-refractivity contribution in [2.24, 2.45) is 0 Å². The maximum Gasteiger partial charge on any atom is 0.250 e. The molecule has 1 aliphatic heterocycles. The largest absolute Gasteiger partial charge is 0.367 e. The molecule has 1 amide bonds. The second-order valence-corrected chi connectivity index (χ2v) is 8.40. The Kier molecular flexibility index (Phi) is 5.56. The number of H-pyrrole nitrogens is 1. The number of benzene rings is 2. The Bertz CT molecular complexity index is 1300. The van der Waals surface area contributed by atoms with E-state index in [1.807, 2.05) is 30.7 Å². The predicted octanol–water partition coefficient (Wildman–Crippen LogP) is 4.72. The molecule has 0 saturated carbocycles. The average molecular weight is 445 g/mol. The Hall–Kier alpha value is -3.71. The van der Waals surface area contributed by atoms with Crippen molar-refractivity contribution in [3.05, 3.63) is 95.2 Å². The lowest BCUT2D eigenvalue weighted by Crippen LogP contribution is -2.30. The summed E-state index contributed by atoms with van der Waals surface area (Å²) in [6.07, 6.45) is 5.76. The number of halogens is 1. The van der Waals surface area contributed by atoms with Crippen LogP contribution in [0.3, 0.4) is 0 Å². The molecule has 33 heavy (non-hydrogen) atoms. The number of amides is 1. The van der Waals surface area contributed by atoms with Crippen molar-refractivity contribution in [3.63, 3.8) is 0 Å². The van der Waals surface area contributed by atoms with Crippen LogP contribution in [-0.2, 0) is 16.0 Å². The lowest BCUT2D eigenvalue weighted by atomic mass is 10.1. The van der Waals surface area contributed by atoms with Crippen LogP contribution >= 0.6 is 0 Å². The van der Waals surface area contributed by atoms with E-state index < -0.39 is 6.23 Å². The number of aromatic nitrogens is 3. The molecule has 1 unspecified atom stereocenters. The van der Waals surface area contributed by atoms with Crippen LogP contribution in [0.1, 0.15) is 28.5 Å². The summed E-state index contributed by atoms with van der Waals surface area (Å²) in [7, 11) is 0. The molecule has 4 aromatic rings. The van der Waals surface area contributed by atoms with Gasteiger partial charge < -0.3 is 14.6 Å². The van der Waals surface area contributed by atoms with Gasteiger partial charge in [0.2, 0.25) is 0 Å². The molecule has 3 heterocycles. The molecule has 168 valence electrons. The third-order valence-corrected chi connectivity index (χ3v) is 5.98. The molecule has 2 aromatic heterocycles. The van der Waals surface area contributed by atoms with E-state index in [0.29, 0.717) is 12.1 Å². The quantitative estimate of drug-likeness (QED) is 0.468. The van der Waals surface area contributed by atoms with E-state index in [1.165, 1.54) is 17.2 Å². The summed E-state index contributed by atoms with van der Waals surface area (Å²) in [6.45, 7) is 4.36. The summed E-state index contributed by atoms with van der Waals surface area (Å²) in [5, 5.41) is 4.78. The molecule has 0 spiro atoms. The SMILES string of the molecule is Cc1cccc(CCN2C(=O)COC2c2cn(-c3ccc(F)c(C)c3)nc2-c2cc[nH]c2)c1. The third kappa shape index (κ3) is 4.19. The number of carbonyl (C=O) groups excluding carboxylic acids is 1. The van der Waals surface area contributed by atoms with Gasteiger partial charge in [0.05, 0.1) is 5.69 Å². The molecule has 6 nitrogen and oxygen atoms in total. The van der Waals surface area contributed by atoms with E-state index in [2.05, 4.69) is 30.1 Å². The van der Waals surface area contributed by atoms with Crippen LogP contribution in [0.15, 0.2) is 67.1 Å². The van der Waals surface area contributed by atoms with E-state index >= 15 is 0 Å². The monoisotopic (exact) mass is 444 g/mol. The number of carbonyl (C=O) groups is 1. The van der Waals surface area contributed by atoms with Gasteiger partial charge in [0.25, 0.3) is 5.91 Å². The first kappa shape index (κ1) is 21.2. The fourth-order valence-corrected chi connectivity index (χ4v) is 4.24. The fourth-order valence-electron chi connectivity index (χ4n) is 4.24. The maximum absolute atomic E-state index is 13.8. The highest BCUT2D eigenvalue weighted by molar-refractivity contribution is 5.80. The zero-order valence-electron chi connectivity index (χ0n) is 18.6. The average Bonchev–Trinajstić information content (AvgIpc) is 3.54. The molecule has 1 aliphatic rings. The molecule has 0 radical (unpaired) electrons. The predicted molar refractivity (Wildman–Crippen MR) is 123 cm³/mol. The van der Waals surface area contributed by atoms with E-state index in [1.54, 1.807) is 28.6 Å². The molecule has 2 aromatic carbocycles. The van der Waals surface area contributed by atoms with Crippen molar-refractivity contribution < 1.29 is 13.9 Å². The van der Waals surface area contributed by atoms with Crippen LogP contribution in [0.5, 0.6) is 0 Å². The minimum Gasteiger partial charge on any atom is -0.367 e. The van der Waals surface area contributed by atoms with Crippen LogP contribution < -0.4 is 0 Å². The standard InChI is InChI=1S/C26H25FN4O2/c1-17-4-3-5-19(12-17)9-11-30-24(32)16-33-26(30)22-15-31(21-6-7-23(27)18(2)13-21)29-25(22)20-8-10-28-14-20/h3-8,10,12-15,26,28H,9,11,16H2,1-2H3. The Balaban J connectivity index is 1.50. The number of rotatable bonds is 6. The molecule has 1 N–H and O–H groups in total. The number of hydrogen-bond donors (Lipinski definition) is 1. The second kappa shape index (κ2) is 8.67. The van der Waals surface area contributed by atoms with Gasteiger partial charge >= 0.3 is 0 Å². The molecule has 1 saturated heterocycles. The molecular weight excluding hydrogens is 419 g/mol. The van der Waals surface area contributed by atoms with Gasteiger partial charge in [-0.05, 0) is 55.7 Å². The number of hydrogen-bond acceptors (Lipinski definition) is 3. The van der Waals surface area contributed by atoms with Gasteiger partial charge in [-0.15, -0.1) is 0 Å². The van der Waals surface area contributed by atoms with Crippen LogP contribution in [0.4, 0.5) is 4.39 Å². The van der Waals surface area contributed by atoms with E-state index in [0.717, 1.165) is 28.9 Å².